The van der Waals surface area contributed by atoms with Gasteiger partial charge in [0.1, 0.15) is 0 Å². The molecule has 100 valence electrons. The lowest BCUT2D eigenvalue weighted by molar-refractivity contribution is 0.355. The van der Waals surface area contributed by atoms with Gasteiger partial charge >= 0.3 is 0 Å². The quantitative estimate of drug-likeness (QED) is 0.865. The number of ether oxygens (including phenoxy) is 2. The molecule has 0 saturated carbocycles. The van der Waals surface area contributed by atoms with E-state index in [9.17, 15) is 0 Å². The smallest absolute Gasteiger partial charge is 0.162 e. The molecule has 0 bridgehead atoms. The van der Waals surface area contributed by atoms with Crippen LogP contribution in [0.5, 0.6) is 11.5 Å². The van der Waals surface area contributed by atoms with E-state index in [1.54, 1.807) is 14.2 Å². The molecule has 3 N–H and O–H groups in total. The number of rotatable bonds is 5. The zero-order valence-electron chi connectivity index (χ0n) is 11.1. The summed E-state index contributed by atoms with van der Waals surface area (Å²) in [5.74, 6) is 1.41. The first-order valence-electron chi connectivity index (χ1n) is 6.05. The Bertz CT molecular complexity index is 538. The van der Waals surface area contributed by atoms with Crippen LogP contribution in [0, 0.1) is 0 Å². The lowest BCUT2D eigenvalue weighted by atomic mass is 10.2. The zero-order chi connectivity index (χ0) is 13.7. The summed E-state index contributed by atoms with van der Waals surface area (Å²) in [6, 6.07) is 13.7. The van der Waals surface area contributed by atoms with E-state index in [-0.39, 0.29) is 0 Å². The molecule has 0 radical (unpaired) electrons. The van der Waals surface area contributed by atoms with E-state index in [0.717, 1.165) is 16.9 Å². The predicted molar refractivity (Wildman–Crippen MR) is 77.2 cm³/mol. The van der Waals surface area contributed by atoms with Crippen LogP contribution in [0.2, 0.25) is 0 Å². The second kappa shape index (κ2) is 6.11. The second-order valence-corrected chi connectivity index (χ2v) is 4.10. The van der Waals surface area contributed by atoms with Gasteiger partial charge in [-0.15, -0.1) is 0 Å². The fourth-order valence-corrected chi connectivity index (χ4v) is 1.80. The topological polar surface area (TPSA) is 56.5 Å². The molecule has 0 aromatic heterocycles. The molecule has 0 aliphatic rings. The molecule has 4 nitrogen and oxygen atoms in total. The monoisotopic (exact) mass is 258 g/mol. The number of hydrogen-bond donors (Lipinski definition) is 2. The SMILES string of the molecule is COc1ccc(Nc2ccc(CN)cc2)cc1OC. The Morgan fingerprint density at radius 2 is 1.53 bits per heavy atom. The number of benzene rings is 2. The Morgan fingerprint density at radius 1 is 0.895 bits per heavy atom. The van der Waals surface area contributed by atoms with Crippen LogP contribution >= 0.6 is 0 Å². The Morgan fingerprint density at radius 3 is 2.11 bits per heavy atom. The first kappa shape index (κ1) is 13.2. The van der Waals surface area contributed by atoms with Crippen LogP contribution in [0.15, 0.2) is 42.5 Å². The molecule has 0 spiro atoms. The van der Waals surface area contributed by atoms with Crippen LogP contribution in [0.25, 0.3) is 0 Å². The van der Waals surface area contributed by atoms with Gasteiger partial charge < -0.3 is 20.5 Å². The minimum absolute atomic E-state index is 0.552. The van der Waals surface area contributed by atoms with E-state index in [2.05, 4.69) is 5.32 Å². The van der Waals surface area contributed by atoms with E-state index in [0.29, 0.717) is 18.0 Å². The summed E-state index contributed by atoms with van der Waals surface area (Å²) >= 11 is 0. The molecule has 0 aliphatic heterocycles. The Hall–Kier alpha value is -2.20. The standard InChI is InChI=1S/C15H18N2O2/c1-18-14-8-7-13(9-15(14)19-2)17-12-5-3-11(10-16)4-6-12/h3-9,17H,10,16H2,1-2H3. The van der Waals surface area contributed by atoms with Crippen molar-refractivity contribution < 1.29 is 9.47 Å². The maximum absolute atomic E-state index is 5.57. The highest BCUT2D eigenvalue weighted by Crippen LogP contribution is 2.31. The molecule has 0 atom stereocenters. The summed E-state index contributed by atoms with van der Waals surface area (Å²) < 4.78 is 10.5. The van der Waals surface area contributed by atoms with Gasteiger partial charge in [-0.2, -0.15) is 0 Å². The Kier molecular flexibility index (Phi) is 4.26. The molecule has 0 aliphatic carbocycles. The van der Waals surface area contributed by atoms with Gasteiger partial charge in [-0.05, 0) is 29.8 Å². The molecule has 0 saturated heterocycles. The van der Waals surface area contributed by atoms with Crippen molar-refractivity contribution in [3.05, 3.63) is 48.0 Å². The molecule has 2 rings (SSSR count). The minimum Gasteiger partial charge on any atom is -0.493 e. The maximum atomic E-state index is 5.57. The molecule has 2 aromatic rings. The summed E-state index contributed by atoms with van der Waals surface area (Å²) in [5, 5.41) is 3.30. The summed E-state index contributed by atoms with van der Waals surface area (Å²) in [7, 11) is 3.24. The van der Waals surface area contributed by atoms with Crippen LogP contribution in [0.1, 0.15) is 5.56 Å². The summed E-state index contributed by atoms with van der Waals surface area (Å²) in [4.78, 5) is 0. The first-order chi connectivity index (χ1) is 9.26. The van der Waals surface area contributed by atoms with Gasteiger partial charge in [0.15, 0.2) is 11.5 Å². The van der Waals surface area contributed by atoms with Crippen molar-refractivity contribution in [2.75, 3.05) is 19.5 Å². The van der Waals surface area contributed by atoms with E-state index in [1.807, 2.05) is 42.5 Å². The van der Waals surface area contributed by atoms with Gasteiger partial charge in [-0.25, -0.2) is 0 Å². The van der Waals surface area contributed by atoms with Crippen molar-refractivity contribution in [2.24, 2.45) is 5.73 Å². The lowest BCUT2D eigenvalue weighted by Crippen LogP contribution is -1.97. The molecule has 19 heavy (non-hydrogen) atoms. The highest BCUT2D eigenvalue weighted by molar-refractivity contribution is 5.63. The average molecular weight is 258 g/mol. The molecule has 4 heteroatoms. The molecule has 2 aromatic carbocycles. The number of anilines is 2. The van der Waals surface area contributed by atoms with Crippen LogP contribution in [0.4, 0.5) is 11.4 Å². The van der Waals surface area contributed by atoms with Crippen molar-refractivity contribution >= 4 is 11.4 Å². The molecule has 0 amide bonds. The molecule has 0 fully saturated rings. The van der Waals surface area contributed by atoms with Gasteiger partial charge in [0, 0.05) is 24.0 Å². The summed E-state index contributed by atoms with van der Waals surface area (Å²) in [6.45, 7) is 0.552. The van der Waals surface area contributed by atoms with Crippen molar-refractivity contribution in [1.29, 1.82) is 0 Å². The minimum atomic E-state index is 0.552. The van der Waals surface area contributed by atoms with Crippen molar-refractivity contribution in [1.82, 2.24) is 0 Å². The van der Waals surface area contributed by atoms with Crippen LogP contribution in [0.3, 0.4) is 0 Å². The highest BCUT2D eigenvalue weighted by atomic mass is 16.5. The molecular weight excluding hydrogens is 240 g/mol. The van der Waals surface area contributed by atoms with Crippen LogP contribution in [-0.2, 0) is 6.54 Å². The number of nitrogens with two attached hydrogens (primary N) is 1. The highest BCUT2D eigenvalue weighted by Gasteiger charge is 2.04. The second-order valence-electron chi connectivity index (χ2n) is 4.10. The molecule has 0 unspecified atom stereocenters. The third-order valence-electron chi connectivity index (χ3n) is 2.86. The first-order valence-corrected chi connectivity index (χ1v) is 6.05. The Balaban J connectivity index is 2.18. The lowest BCUT2D eigenvalue weighted by Gasteiger charge is -2.11. The number of hydrogen-bond acceptors (Lipinski definition) is 4. The van der Waals surface area contributed by atoms with Crippen molar-refractivity contribution in [3.8, 4) is 11.5 Å². The largest absolute Gasteiger partial charge is 0.493 e. The van der Waals surface area contributed by atoms with Crippen LogP contribution in [-0.4, -0.2) is 14.2 Å². The third kappa shape index (κ3) is 3.17. The Labute approximate surface area is 113 Å². The van der Waals surface area contributed by atoms with E-state index in [4.69, 9.17) is 15.2 Å². The van der Waals surface area contributed by atoms with Crippen molar-refractivity contribution in [2.45, 2.75) is 6.54 Å². The normalized spacial score (nSPS) is 10.1. The number of methoxy groups -OCH3 is 2. The maximum Gasteiger partial charge on any atom is 0.162 e. The fourth-order valence-electron chi connectivity index (χ4n) is 1.80. The predicted octanol–water partition coefficient (Wildman–Crippen LogP) is 2.91. The third-order valence-corrected chi connectivity index (χ3v) is 2.86. The molecular formula is C15H18N2O2. The summed E-state index contributed by atoms with van der Waals surface area (Å²) in [6.07, 6.45) is 0. The molecule has 0 heterocycles. The van der Waals surface area contributed by atoms with E-state index < -0.39 is 0 Å². The number of nitrogens with one attached hydrogen (secondary N) is 1. The van der Waals surface area contributed by atoms with E-state index >= 15 is 0 Å². The zero-order valence-corrected chi connectivity index (χ0v) is 11.1. The average Bonchev–Trinajstić information content (AvgIpc) is 2.48. The van der Waals surface area contributed by atoms with Gasteiger partial charge in [0.25, 0.3) is 0 Å². The van der Waals surface area contributed by atoms with Gasteiger partial charge in [0.05, 0.1) is 14.2 Å². The van der Waals surface area contributed by atoms with E-state index in [1.165, 1.54) is 0 Å². The van der Waals surface area contributed by atoms with Crippen molar-refractivity contribution in [3.63, 3.8) is 0 Å². The fraction of sp³-hybridized carbons (Fsp3) is 0.200. The van der Waals surface area contributed by atoms with Crippen LogP contribution < -0.4 is 20.5 Å². The summed E-state index contributed by atoms with van der Waals surface area (Å²) in [5.41, 5.74) is 8.63. The van der Waals surface area contributed by atoms with Gasteiger partial charge in [0.2, 0.25) is 0 Å². The van der Waals surface area contributed by atoms with Gasteiger partial charge in [-0.3, -0.25) is 0 Å². The van der Waals surface area contributed by atoms with Gasteiger partial charge in [-0.1, -0.05) is 12.1 Å².